The first-order valence-electron chi connectivity index (χ1n) is 14.1. The normalized spacial score (nSPS) is 16.2. The molecule has 0 saturated carbocycles. The fourth-order valence-electron chi connectivity index (χ4n) is 5.79. The molecule has 43 heavy (non-hydrogen) atoms. The Kier molecular flexibility index (Phi) is 8.72. The Labute approximate surface area is 255 Å². The number of rotatable bonds is 10. The summed E-state index contributed by atoms with van der Waals surface area (Å²) in [6.07, 6.45) is 2.77. The van der Waals surface area contributed by atoms with Crippen LogP contribution in [0.15, 0.2) is 72.9 Å². The topological polar surface area (TPSA) is 115 Å². The summed E-state index contributed by atoms with van der Waals surface area (Å²) in [6, 6.07) is 19.8. The minimum absolute atomic E-state index is 0.0602. The molecule has 2 N–H and O–H groups in total. The average molecular weight is 599 g/mol. The van der Waals surface area contributed by atoms with Gasteiger partial charge in [0.2, 0.25) is 5.91 Å². The fourth-order valence-corrected chi connectivity index (χ4v) is 6.13. The molecule has 2 aromatic heterocycles. The standard InChI is InChI=1S/C32H34N6O4S/c1-5-22-10-6-7-11-25(22)34-29(39)15-17-36-31(30(35-32(36)43)26-12-8-9-16-33-26)24-18-20(2)37(21(24)3)27-14-13-23(42-4)19-28(27)38(40)41/h6-14,16,18-19,30-31H,5,15,17H2,1-4H3,(H,34,39)(H,35,43)/t30-,31+/m1/s1. The van der Waals surface area contributed by atoms with E-state index in [4.69, 9.17) is 17.0 Å². The lowest BCUT2D eigenvalue weighted by molar-refractivity contribution is -0.384. The molecule has 1 amide bonds. The number of para-hydroxylation sites is 1. The Bertz CT molecular complexity index is 1670. The van der Waals surface area contributed by atoms with E-state index >= 15 is 0 Å². The Hall–Kier alpha value is -4.77. The maximum atomic E-state index is 13.1. The molecule has 4 aromatic rings. The van der Waals surface area contributed by atoms with Crippen molar-refractivity contribution in [1.82, 2.24) is 19.8 Å². The molecular formula is C32H34N6O4S. The molecule has 0 unspecified atom stereocenters. The van der Waals surface area contributed by atoms with Crippen LogP contribution in [-0.4, -0.2) is 44.0 Å². The van der Waals surface area contributed by atoms with Gasteiger partial charge in [0.05, 0.1) is 35.9 Å². The number of nitro groups is 1. The number of ether oxygens (including phenoxy) is 1. The molecule has 0 radical (unpaired) electrons. The van der Waals surface area contributed by atoms with Crippen molar-refractivity contribution >= 4 is 34.6 Å². The molecule has 1 aliphatic rings. The summed E-state index contributed by atoms with van der Waals surface area (Å²) in [5.74, 6) is 0.299. The van der Waals surface area contributed by atoms with Gasteiger partial charge in [-0.05, 0) is 80.0 Å². The first-order chi connectivity index (χ1) is 20.7. The van der Waals surface area contributed by atoms with Crippen molar-refractivity contribution in [2.24, 2.45) is 0 Å². The number of aryl methyl sites for hydroxylation is 2. The van der Waals surface area contributed by atoms with Gasteiger partial charge in [-0.3, -0.25) is 19.9 Å². The maximum Gasteiger partial charge on any atom is 0.296 e. The summed E-state index contributed by atoms with van der Waals surface area (Å²) < 4.78 is 7.13. The van der Waals surface area contributed by atoms with E-state index in [0.29, 0.717) is 23.1 Å². The quantitative estimate of drug-likeness (QED) is 0.130. The highest BCUT2D eigenvalue weighted by molar-refractivity contribution is 7.80. The Morgan fingerprint density at radius 2 is 1.91 bits per heavy atom. The number of carbonyl (C=O) groups excluding carboxylic acids is 1. The van der Waals surface area contributed by atoms with Crippen LogP contribution < -0.4 is 15.4 Å². The van der Waals surface area contributed by atoms with Crippen LogP contribution in [0.5, 0.6) is 5.75 Å². The lowest BCUT2D eigenvalue weighted by atomic mass is 9.96. The number of amides is 1. The van der Waals surface area contributed by atoms with Crippen LogP contribution in [0.2, 0.25) is 0 Å². The van der Waals surface area contributed by atoms with Crippen LogP contribution in [0.1, 0.15) is 53.6 Å². The zero-order chi connectivity index (χ0) is 30.7. The Morgan fingerprint density at radius 1 is 1.14 bits per heavy atom. The van der Waals surface area contributed by atoms with Gasteiger partial charge in [-0.1, -0.05) is 31.2 Å². The first-order valence-corrected chi connectivity index (χ1v) is 14.5. The molecule has 1 aliphatic heterocycles. The molecule has 1 fully saturated rings. The Morgan fingerprint density at radius 3 is 2.60 bits per heavy atom. The fraction of sp³-hybridized carbons (Fsp3) is 0.281. The first kappa shape index (κ1) is 29.7. The van der Waals surface area contributed by atoms with Crippen molar-refractivity contribution in [2.45, 2.75) is 45.7 Å². The molecule has 3 heterocycles. The van der Waals surface area contributed by atoms with Gasteiger partial charge in [-0.15, -0.1) is 0 Å². The van der Waals surface area contributed by atoms with Crippen LogP contribution in [-0.2, 0) is 11.2 Å². The van der Waals surface area contributed by atoms with Gasteiger partial charge in [0.25, 0.3) is 5.69 Å². The molecule has 0 bridgehead atoms. The Balaban J connectivity index is 1.51. The van der Waals surface area contributed by atoms with Gasteiger partial charge in [0, 0.05) is 36.2 Å². The van der Waals surface area contributed by atoms with E-state index in [1.807, 2.05) is 71.8 Å². The monoisotopic (exact) mass is 598 g/mol. The smallest absolute Gasteiger partial charge is 0.296 e. The van der Waals surface area contributed by atoms with Crippen LogP contribution >= 0.6 is 12.2 Å². The van der Waals surface area contributed by atoms with Crippen molar-refractivity contribution in [2.75, 3.05) is 19.0 Å². The second kappa shape index (κ2) is 12.6. The molecule has 0 spiro atoms. The summed E-state index contributed by atoms with van der Waals surface area (Å²) in [4.78, 5) is 31.4. The van der Waals surface area contributed by atoms with Gasteiger partial charge < -0.3 is 24.8 Å². The van der Waals surface area contributed by atoms with Crippen molar-refractivity contribution in [1.29, 1.82) is 0 Å². The minimum Gasteiger partial charge on any atom is -0.496 e. The van der Waals surface area contributed by atoms with Gasteiger partial charge in [-0.2, -0.15) is 0 Å². The minimum atomic E-state index is -0.402. The highest BCUT2D eigenvalue weighted by Crippen LogP contribution is 2.42. The van der Waals surface area contributed by atoms with Gasteiger partial charge in [-0.25, -0.2) is 0 Å². The number of benzene rings is 2. The molecular weight excluding hydrogens is 564 g/mol. The molecule has 0 aliphatic carbocycles. The van der Waals surface area contributed by atoms with Crippen LogP contribution in [0.3, 0.4) is 0 Å². The lowest BCUT2D eigenvalue weighted by Crippen LogP contribution is -2.33. The molecule has 2 atom stereocenters. The second-order valence-corrected chi connectivity index (χ2v) is 10.8. The number of pyridine rings is 1. The number of thiocarbonyl (C=S) groups is 1. The predicted octanol–water partition coefficient (Wildman–Crippen LogP) is 5.97. The maximum absolute atomic E-state index is 13.1. The van der Waals surface area contributed by atoms with Crippen molar-refractivity contribution < 1.29 is 14.5 Å². The number of hydrogen-bond acceptors (Lipinski definition) is 6. The van der Waals surface area contributed by atoms with E-state index in [1.54, 1.807) is 18.3 Å². The zero-order valence-corrected chi connectivity index (χ0v) is 25.4. The second-order valence-electron chi connectivity index (χ2n) is 10.4. The third-order valence-corrected chi connectivity index (χ3v) is 8.21. The molecule has 5 rings (SSSR count). The molecule has 222 valence electrons. The van der Waals surface area contributed by atoms with Crippen molar-refractivity contribution in [3.8, 4) is 11.4 Å². The van der Waals surface area contributed by atoms with E-state index in [1.165, 1.54) is 13.2 Å². The largest absolute Gasteiger partial charge is 0.496 e. The summed E-state index contributed by atoms with van der Waals surface area (Å²) in [5.41, 5.74) is 5.65. The molecule has 1 saturated heterocycles. The number of nitrogens with one attached hydrogen (secondary N) is 2. The predicted molar refractivity (Wildman–Crippen MR) is 170 cm³/mol. The lowest BCUT2D eigenvalue weighted by Gasteiger charge is -2.28. The molecule has 10 nitrogen and oxygen atoms in total. The van der Waals surface area contributed by atoms with Gasteiger partial charge in [0.1, 0.15) is 11.4 Å². The van der Waals surface area contributed by atoms with Crippen molar-refractivity contribution in [3.05, 3.63) is 111 Å². The summed E-state index contributed by atoms with van der Waals surface area (Å²) in [5, 5.41) is 19.1. The summed E-state index contributed by atoms with van der Waals surface area (Å²) in [6.45, 7) is 6.29. The number of carbonyl (C=O) groups is 1. The molecule has 2 aromatic carbocycles. The third-order valence-electron chi connectivity index (χ3n) is 7.86. The SMILES string of the molecule is CCc1ccccc1NC(=O)CCN1C(=S)N[C@H](c2ccccn2)[C@@H]1c1cc(C)n(-c2ccc(OC)cc2[N+](=O)[O-])c1C. The number of methoxy groups -OCH3 is 1. The third kappa shape index (κ3) is 5.94. The van der Waals surface area contributed by atoms with E-state index in [9.17, 15) is 14.9 Å². The zero-order valence-electron chi connectivity index (χ0n) is 24.5. The van der Waals surface area contributed by atoms with Crippen LogP contribution in [0, 0.1) is 24.0 Å². The highest BCUT2D eigenvalue weighted by Gasteiger charge is 2.41. The molecule has 11 heteroatoms. The van der Waals surface area contributed by atoms with E-state index in [2.05, 4.69) is 22.5 Å². The van der Waals surface area contributed by atoms with Crippen molar-refractivity contribution in [3.63, 3.8) is 0 Å². The number of anilines is 1. The number of aromatic nitrogens is 2. The van der Waals surface area contributed by atoms with E-state index in [-0.39, 0.29) is 30.1 Å². The van der Waals surface area contributed by atoms with Gasteiger partial charge in [0.15, 0.2) is 5.11 Å². The summed E-state index contributed by atoms with van der Waals surface area (Å²) in [7, 11) is 1.48. The van der Waals surface area contributed by atoms with Crippen LogP contribution in [0.4, 0.5) is 11.4 Å². The number of nitro benzene ring substituents is 1. The van der Waals surface area contributed by atoms with E-state index < -0.39 is 4.92 Å². The number of hydrogen-bond donors (Lipinski definition) is 2. The highest BCUT2D eigenvalue weighted by atomic mass is 32.1. The van der Waals surface area contributed by atoms with Crippen LogP contribution in [0.25, 0.3) is 5.69 Å². The number of nitrogens with zero attached hydrogens (tertiary/aromatic N) is 4. The average Bonchev–Trinajstić information content (AvgIpc) is 3.50. The summed E-state index contributed by atoms with van der Waals surface area (Å²) >= 11 is 5.82. The van der Waals surface area contributed by atoms with E-state index in [0.717, 1.165) is 40.3 Å². The van der Waals surface area contributed by atoms with Gasteiger partial charge >= 0.3 is 0 Å².